The predicted molar refractivity (Wildman–Crippen MR) is 67.4 cm³/mol. The Kier molecular flexibility index (Phi) is 3.10. The molecule has 18 heavy (non-hydrogen) atoms. The molecule has 4 nitrogen and oxygen atoms in total. The third-order valence-corrected chi connectivity index (χ3v) is 5.04. The van der Waals surface area contributed by atoms with E-state index in [4.69, 9.17) is 9.84 Å². The molecule has 0 spiro atoms. The van der Waals surface area contributed by atoms with E-state index in [2.05, 4.69) is 4.90 Å². The van der Waals surface area contributed by atoms with E-state index in [1.54, 1.807) is 0 Å². The number of hydrogen-bond donors (Lipinski definition) is 1. The first-order chi connectivity index (χ1) is 8.54. The number of fused-ring (bicyclic) bond motifs is 2. The molecule has 1 aliphatic heterocycles. The third-order valence-electron chi connectivity index (χ3n) is 5.04. The Hall–Kier alpha value is -0.610. The van der Waals surface area contributed by atoms with Crippen LogP contribution in [0.4, 0.5) is 0 Å². The summed E-state index contributed by atoms with van der Waals surface area (Å²) in [6, 6.07) is 0. The SMILES string of the molecule is CC1(OCC(=O)O)CN(CC2CC3CCC2C3)C1. The zero-order valence-electron chi connectivity index (χ0n) is 11.1. The van der Waals surface area contributed by atoms with Crippen molar-refractivity contribution in [1.29, 1.82) is 0 Å². The Morgan fingerprint density at radius 3 is 2.72 bits per heavy atom. The molecule has 1 heterocycles. The fourth-order valence-electron chi connectivity index (χ4n) is 4.29. The van der Waals surface area contributed by atoms with Crippen LogP contribution < -0.4 is 0 Å². The molecule has 1 saturated heterocycles. The second kappa shape index (κ2) is 4.49. The van der Waals surface area contributed by atoms with Gasteiger partial charge in [0.05, 0.1) is 5.60 Å². The first kappa shape index (κ1) is 12.4. The van der Waals surface area contributed by atoms with Crippen molar-refractivity contribution >= 4 is 5.97 Å². The Labute approximate surface area is 108 Å². The van der Waals surface area contributed by atoms with Crippen molar-refractivity contribution in [3.05, 3.63) is 0 Å². The maximum Gasteiger partial charge on any atom is 0.329 e. The Morgan fingerprint density at radius 1 is 1.39 bits per heavy atom. The summed E-state index contributed by atoms with van der Waals surface area (Å²) >= 11 is 0. The molecule has 2 aliphatic carbocycles. The summed E-state index contributed by atoms with van der Waals surface area (Å²) < 4.78 is 5.44. The van der Waals surface area contributed by atoms with Gasteiger partial charge in [-0.05, 0) is 43.9 Å². The van der Waals surface area contributed by atoms with E-state index in [0.717, 1.165) is 30.8 Å². The Morgan fingerprint density at radius 2 is 2.17 bits per heavy atom. The van der Waals surface area contributed by atoms with Crippen molar-refractivity contribution in [2.75, 3.05) is 26.2 Å². The lowest BCUT2D eigenvalue weighted by molar-refractivity contribution is -0.166. The molecular formula is C14H23NO3. The highest BCUT2D eigenvalue weighted by atomic mass is 16.5. The van der Waals surface area contributed by atoms with Gasteiger partial charge in [0, 0.05) is 19.6 Å². The average Bonchev–Trinajstić information content (AvgIpc) is 2.86. The van der Waals surface area contributed by atoms with Crippen LogP contribution >= 0.6 is 0 Å². The summed E-state index contributed by atoms with van der Waals surface area (Å²) in [5, 5.41) is 8.63. The maximum atomic E-state index is 10.5. The fourth-order valence-corrected chi connectivity index (χ4v) is 4.29. The molecule has 2 bridgehead atoms. The van der Waals surface area contributed by atoms with E-state index in [1.165, 1.54) is 32.2 Å². The summed E-state index contributed by atoms with van der Waals surface area (Å²) in [6.07, 6.45) is 5.79. The van der Waals surface area contributed by atoms with Gasteiger partial charge in [0.2, 0.25) is 0 Å². The highest BCUT2D eigenvalue weighted by Crippen LogP contribution is 2.49. The van der Waals surface area contributed by atoms with E-state index in [1.807, 2.05) is 6.92 Å². The zero-order valence-corrected chi connectivity index (χ0v) is 11.1. The van der Waals surface area contributed by atoms with Crippen molar-refractivity contribution in [2.45, 2.75) is 38.2 Å². The quantitative estimate of drug-likeness (QED) is 0.808. The fraction of sp³-hybridized carbons (Fsp3) is 0.929. The van der Waals surface area contributed by atoms with Gasteiger partial charge in [-0.3, -0.25) is 4.90 Å². The molecule has 3 unspecified atom stereocenters. The van der Waals surface area contributed by atoms with Gasteiger partial charge in [0.1, 0.15) is 6.61 Å². The second-order valence-corrected chi connectivity index (χ2v) is 6.74. The van der Waals surface area contributed by atoms with Crippen molar-refractivity contribution in [2.24, 2.45) is 17.8 Å². The number of ether oxygens (including phenoxy) is 1. The number of nitrogens with zero attached hydrogens (tertiary/aromatic N) is 1. The minimum Gasteiger partial charge on any atom is -0.480 e. The molecule has 3 rings (SSSR count). The topological polar surface area (TPSA) is 49.8 Å². The Balaban J connectivity index is 1.41. The molecule has 0 radical (unpaired) electrons. The number of likely N-dealkylation sites (tertiary alicyclic amines) is 1. The molecule has 0 aromatic carbocycles. The van der Waals surface area contributed by atoms with E-state index < -0.39 is 5.97 Å². The summed E-state index contributed by atoms with van der Waals surface area (Å²) in [4.78, 5) is 12.9. The number of hydrogen-bond acceptors (Lipinski definition) is 3. The molecule has 2 saturated carbocycles. The number of aliphatic carboxylic acids is 1. The van der Waals surface area contributed by atoms with Gasteiger partial charge in [-0.15, -0.1) is 0 Å². The van der Waals surface area contributed by atoms with Crippen LogP contribution in [0.5, 0.6) is 0 Å². The highest BCUT2D eigenvalue weighted by molar-refractivity contribution is 5.68. The average molecular weight is 253 g/mol. The number of carbonyl (C=O) groups is 1. The molecular weight excluding hydrogens is 230 g/mol. The van der Waals surface area contributed by atoms with Gasteiger partial charge in [-0.25, -0.2) is 4.79 Å². The van der Waals surface area contributed by atoms with Crippen LogP contribution in [0.2, 0.25) is 0 Å². The van der Waals surface area contributed by atoms with Gasteiger partial charge in [-0.1, -0.05) is 6.42 Å². The molecule has 3 fully saturated rings. The summed E-state index contributed by atoms with van der Waals surface area (Å²) in [5.41, 5.74) is -0.226. The lowest BCUT2D eigenvalue weighted by Crippen LogP contribution is -2.62. The minimum atomic E-state index is -0.872. The molecule has 3 atom stereocenters. The Bertz CT molecular complexity index is 338. The monoisotopic (exact) mass is 253 g/mol. The molecule has 0 aromatic heterocycles. The van der Waals surface area contributed by atoms with Crippen molar-refractivity contribution in [3.63, 3.8) is 0 Å². The summed E-state index contributed by atoms with van der Waals surface area (Å²) in [5.74, 6) is 2.01. The van der Waals surface area contributed by atoms with Crippen LogP contribution in [0.15, 0.2) is 0 Å². The van der Waals surface area contributed by atoms with Crippen LogP contribution in [0.3, 0.4) is 0 Å². The lowest BCUT2D eigenvalue weighted by Gasteiger charge is -2.48. The van der Waals surface area contributed by atoms with Crippen LogP contribution in [0, 0.1) is 17.8 Å². The lowest BCUT2D eigenvalue weighted by atomic mass is 9.86. The van der Waals surface area contributed by atoms with E-state index >= 15 is 0 Å². The maximum absolute atomic E-state index is 10.5. The highest BCUT2D eigenvalue weighted by Gasteiger charge is 2.45. The molecule has 0 amide bonds. The molecule has 3 aliphatic rings. The van der Waals surface area contributed by atoms with Crippen LogP contribution in [0.25, 0.3) is 0 Å². The summed E-state index contributed by atoms with van der Waals surface area (Å²) in [7, 11) is 0. The number of carboxylic acid groups (broad SMARTS) is 1. The molecule has 102 valence electrons. The smallest absolute Gasteiger partial charge is 0.329 e. The molecule has 0 aromatic rings. The normalized spacial score (nSPS) is 37.7. The van der Waals surface area contributed by atoms with Gasteiger partial charge in [0.15, 0.2) is 0 Å². The molecule has 1 N–H and O–H groups in total. The van der Waals surface area contributed by atoms with E-state index in [0.29, 0.717) is 0 Å². The minimum absolute atomic E-state index is 0.168. The van der Waals surface area contributed by atoms with Crippen LogP contribution in [0.1, 0.15) is 32.6 Å². The zero-order chi connectivity index (χ0) is 12.8. The van der Waals surface area contributed by atoms with E-state index in [-0.39, 0.29) is 12.2 Å². The number of carboxylic acids is 1. The van der Waals surface area contributed by atoms with Gasteiger partial charge >= 0.3 is 5.97 Å². The largest absolute Gasteiger partial charge is 0.480 e. The predicted octanol–water partition coefficient (Wildman–Crippen LogP) is 1.60. The summed E-state index contributed by atoms with van der Waals surface area (Å²) in [6.45, 7) is 4.85. The van der Waals surface area contributed by atoms with Gasteiger partial charge in [-0.2, -0.15) is 0 Å². The van der Waals surface area contributed by atoms with Crippen molar-refractivity contribution < 1.29 is 14.6 Å². The van der Waals surface area contributed by atoms with Crippen molar-refractivity contribution in [1.82, 2.24) is 4.90 Å². The van der Waals surface area contributed by atoms with Gasteiger partial charge < -0.3 is 9.84 Å². The first-order valence-corrected chi connectivity index (χ1v) is 7.12. The standard InChI is InChI=1S/C14H23NO3/c1-14(18-7-13(16)17)8-15(9-14)6-12-5-10-2-3-11(12)4-10/h10-12H,2-9H2,1H3,(H,16,17). The third kappa shape index (κ3) is 2.41. The van der Waals surface area contributed by atoms with Crippen LogP contribution in [-0.2, 0) is 9.53 Å². The first-order valence-electron chi connectivity index (χ1n) is 7.12. The number of rotatable bonds is 5. The van der Waals surface area contributed by atoms with Crippen LogP contribution in [-0.4, -0.2) is 47.8 Å². The van der Waals surface area contributed by atoms with Crippen molar-refractivity contribution in [3.8, 4) is 0 Å². The van der Waals surface area contributed by atoms with E-state index in [9.17, 15) is 4.79 Å². The van der Waals surface area contributed by atoms with Gasteiger partial charge in [0.25, 0.3) is 0 Å². The second-order valence-electron chi connectivity index (χ2n) is 6.74. The molecule has 4 heteroatoms.